The van der Waals surface area contributed by atoms with Crippen LogP contribution in [-0.4, -0.2) is 25.4 Å². The quantitative estimate of drug-likeness (QED) is 0.529. The summed E-state index contributed by atoms with van der Waals surface area (Å²) in [5.41, 5.74) is 0.283. The molecule has 0 aromatic carbocycles. The highest BCUT2D eigenvalue weighted by molar-refractivity contribution is 5.63. The first-order valence-corrected chi connectivity index (χ1v) is 3.24. The number of H-pyrrole nitrogens is 1. The molecule has 0 spiro atoms. The molecule has 13 heavy (non-hydrogen) atoms. The van der Waals surface area contributed by atoms with E-state index in [4.69, 9.17) is 0 Å². The lowest BCUT2D eigenvalue weighted by Crippen LogP contribution is -1.88. The fraction of sp³-hybridized carbons (Fsp3) is 0. The number of aromatic amines is 1. The standard InChI is InChI=1S/C5H3N5O3/c11-10(12)4-2-6-8-5(4)3-1-7-13-9-3/h1-2H,(H,6,8). The summed E-state index contributed by atoms with van der Waals surface area (Å²) in [4.78, 5) is 9.88. The zero-order chi connectivity index (χ0) is 9.26. The highest BCUT2D eigenvalue weighted by Gasteiger charge is 2.19. The van der Waals surface area contributed by atoms with E-state index in [2.05, 4.69) is 25.1 Å². The molecule has 2 rings (SSSR count). The Morgan fingerprint density at radius 1 is 1.54 bits per heavy atom. The molecule has 0 radical (unpaired) electrons. The molecule has 66 valence electrons. The SMILES string of the molecule is O=[N+]([O-])c1cn[nH]c1-c1cnon1. The summed E-state index contributed by atoms with van der Waals surface area (Å²) >= 11 is 0. The maximum Gasteiger partial charge on any atom is 0.316 e. The zero-order valence-electron chi connectivity index (χ0n) is 6.17. The van der Waals surface area contributed by atoms with Crippen LogP contribution in [0, 0.1) is 10.1 Å². The third-order valence-electron chi connectivity index (χ3n) is 1.43. The molecule has 2 aromatic rings. The molecule has 0 aliphatic heterocycles. The summed E-state index contributed by atoms with van der Waals surface area (Å²) in [7, 11) is 0. The van der Waals surface area contributed by atoms with Gasteiger partial charge >= 0.3 is 5.69 Å². The lowest BCUT2D eigenvalue weighted by molar-refractivity contribution is -0.384. The van der Waals surface area contributed by atoms with Crippen LogP contribution < -0.4 is 0 Å². The Bertz CT molecular complexity index is 419. The summed E-state index contributed by atoms with van der Waals surface area (Å²) < 4.78 is 4.30. The van der Waals surface area contributed by atoms with Crippen LogP contribution in [0.5, 0.6) is 0 Å². The van der Waals surface area contributed by atoms with Crippen molar-refractivity contribution in [3.63, 3.8) is 0 Å². The fourth-order valence-corrected chi connectivity index (χ4v) is 0.882. The molecule has 2 heterocycles. The maximum absolute atomic E-state index is 10.4. The first-order valence-electron chi connectivity index (χ1n) is 3.24. The number of nitro groups is 1. The van der Waals surface area contributed by atoms with Gasteiger partial charge in [-0.1, -0.05) is 5.16 Å². The molecule has 0 saturated heterocycles. The van der Waals surface area contributed by atoms with Crippen molar-refractivity contribution in [2.45, 2.75) is 0 Å². The average Bonchev–Trinajstić information content (AvgIpc) is 2.74. The first-order chi connectivity index (χ1) is 6.29. The summed E-state index contributed by atoms with van der Waals surface area (Å²) in [6, 6.07) is 0. The topological polar surface area (TPSA) is 111 Å². The fourth-order valence-electron chi connectivity index (χ4n) is 0.882. The predicted octanol–water partition coefficient (Wildman–Crippen LogP) is 0.368. The third-order valence-corrected chi connectivity index (χ3v) is 1.43. The zero-order valence-corrected chi connectivity index (χ0v) is 6.17. The number of rotatable bonds is 2. The Morgan fingerprint density at radius 3 is 3.00 bits per heavy atom. The van der Waals surface area contributed by atoms with E-state index >= 15 is 0 Å². The summed E-state index contributed by atoms with van der Waals surface area (Å²) in [6.45, 7) is 0. The van der Waals surface area contributed by atoms with E-state index in [-0.39, 0.29) is 17.1 Å². The van der Waals surface area contributed by atoms with Gasteiger partial charge in [-0.05, 0) is 5.16 Å². The second-order valence-electron chi connectivity index (χ2n) is 2.18. The van der Waals surface area contributed by atoms with Crippen molar-refractivity contribution < 1.29 is 9.55 Å². The third kappa shape index (κ3) is 1.13. The second-order valence-corrected chi connectivity index (χ2v) is 2.18. The van der Waals surface area contributed by atoms with E-state index in [1.807, 2.05) is 0 Å². The van der Waals surface area contributed by atoms with Gasteiger partial charge in [-0.25, -0.2) is 4.63 Å². The molecule has 0 bridgehead atoms. The van der Waals surface area contributed by atoms with Crippen LogP contribution in [0.15, 0.2) is 17.0 Å². The van der Waals surface area contributed by atoms with Crippen LogP contribution >= 0.6 is 0 Å². The van der Waals surface area contributed by atoms with E-state index in [9.17, 15) is 10.1 Å². The first kappa shape index (κ1) is 7.40. The highest BCUT2D eigenvalue weighted by Crippen LogP contribution is 2.24. The molecule has 0 amide bonds. The summed E-state index contributed by atoms with van der Waals surface area (Å²) in [5.74, 6) is 0. The number of aromatic nitrogens is 4. The Kier molecular flexibility index (Phi) is 1.51. The molecule has 0 fully saturated rings. The van der Waals surface area contributed by atoms with E-state index in [0.717, 1.165) is 6.20 Å². The van der Waals surface area contributed by atoms with Gasteiger partial charge in [0.1, 0.15) is 12.4 Å². The molecule has 8 nitrogen and oxygen atoms in total. The van der Waals surface area contributed by atoms with E-state index < -0.39 is 4.92 Å². The van der Waals surface area contributed by atoms with Crippen molar-refractivity contribution in [1.29, 1.82) is 0 Å². The monoisotopic (exact) mass is 181 g/mol. The number of hydrogen-bond acceptors (Lipinski definition) is 6. The number of nitrogens with zero attached hydrogens (tertiary/aromatic N) is 4. The van der Waals surface area contributed by atoms with E-state index in [1.165, 1.54) is 6.20 Å². The molecule has 0 unspecified atom stereocenters. The minimum absolute atomic E-state index is 0.157. The Labute approximate surface area is 70.7 Å². The maximum atomic E-state index is 10.4. The van der Waals surface area contributed by atoms with Gasteiger partial charge < -0.3 is 0 Å². The van der Waals surface area contributed by atoms with Gasteiger partial charge in [-0.15, -0.1) is 0 Å². The molecule has 2 aromatic heterocycles. The molecule has 1 N–H and O–H groups in total. The van der Waals surface area contributed by atoms with Crippen molar-refractivity contribution in [2.24, 2.45) is 0 Å². The second kappa shape index (κ2) is 2.66. The smallest absolute Gasteiger partial charge is 0.269 e. The molecule has 0 aliphatic rings. The molecular formula is C5H3N5O3. The van der Waals surface area contributed by atoms with Gasteiger partial charge in [-0.3, -0.25) is 15.2 Å². The minimum Gasteiger partial charge on any atom is -0.269 e. The summed E-state index contributed by atoms with van der Waals surface area (Å²) in [6.07, 6.45) is 2.37. The Balaban J connectivity index is 2.52. The Morgan fingerprint density at radius 2 is 2.38 bits per heavy atom. The number of hydrogen-bond donors (Lipinski definition) is 1. The van der Waals surface area contributed by atoms with Crippen molar-refractivity contribution >= 4 is 5.69 Å². The largest absolute Gasteiger partial charge is 0.316 e. The normalized spacial score (nSPS) is 10.2. The van der Waals surface area contributed by atoms with Crippen molar-refractivity contribution in [1.82, 2.24) is 20.5 Å². The highest BCUT2D eigenvalue weighted by atomic mass is 16.6. The van der Waals surface area contributed by atoms with Gasteiger partial charge in [0.2, 0.25) is 0 Å². The lowest BCUT2D eigenvalue weighted by Gasteiger charge is -1.87. The van der Waals surface area contributed by atoms with Crippen molar-refractivity contribution in [2.75, 3.05) is 0 Å². The van der Waals surface area contributed by atoms with Crippen LogP contribution in [0.3, 0.4) is 0 Å². The lowest BCUT2D eigenvalue weighted by atomic mass is 10.3. The molecule has 0 saturated carbocycles. The average molecular weight is 181 g/mol. The number of nitrogens with one attached hydrogen (secondary N) is 1. The minimum atomic E-state index is -0.562. The van der Waals surface area contributed by atoms with Crippen LogP contribution in [-0.2, 0) is 0 Å². The molecule has 8 heteroatoms. The van der Waals surface area contributed by atoms with Gasteiger partial charge in [-0.2, -0.15) is 5.10 Å². The van der Waals surface area contributed by atoms with Gasteiger partial charge in [0, 0.05) is 0 Å². The van der Waals surface area contributed by atoms with Gasteiger partial charge in [0.15, 0.2) is 11.4 Å². The van der Waals surface area contributed by atoms with Crippen LogP contribution in [0.1, 0.15) is 0 Å². The van der Waals surface area contributed by atoms with Crippen LogP contribution in [0.4, 0.5) is 5.69 Å². The van der Waals surface area contributed by atoms with E-state index in [0.29, 0.717) is 0 Å². The molecule has 0 atom stereocenters. The van der Waals surface area contributed by atoms with Gasteiger partial charge in [0.05, 0.1) is 4.92 Å². The molecule has 0 aliphatic carbocycles. The van der Waals surface area contributed by atoms with Crippen LogP contribution in [0.25, 0.3) is 11.4 Å². The van der Waals surface area contributed by atoms with Gasteiger partial charge in [0.25, 0.3) is 0 Å². The molecular weight excluding hydrogens is 178 g/mol. The Hall–Kier alpha value is -2.25. The van der Waals surface area contributed by atoms with Crippen LogP contribution in [0.2, 0.25) is 0 Å². The summed E-state index contributed by atoms with van der Waals surface area (Å²) in [5, 5.41) is 23.2. The predicted molar refractivity (Wildman–Crippen MR) is 38.5 cm³/mol. The van der Waals surface area contributed by atoms with Crippen molar-refractivity contribution in [3.05, 3.63) is 22.5 Å². The van der Waals surface area contributed by atoms with Crippen molar-refractivity contribution in [3.8, 4) is 11.4 Å². The van der Waals surface area contributed by atoms with E-state index in [1.54, 1.807) is 0 Å².